The highest BCUT2D eigenvalue weighted by Crippen LogP contribution is 2.03. The summed E-state index contributed by atoms with van der Waals surface area (Å²) in [5.41, 5.74) is 2.04. The Kier molecular flexibility index (Phi) is 6.72. The van der Waals surface area contributed by atoms with E-state index in [1.807, 2.05) is 60.7 Å². The minimum Gasteiger partial charge on any atom is -0.480 e. The van der Waals surface area contributed by atoms with Crippen LogP contribution in [0.1, 0.15) is 11.1 Å². The lowest BCUT2D eigenvalue weighted by molar-refractivity contribution is -0.140. The molecule has 0 aliphatic heterocycles. The average Bonchev–Trinajstić information content (AvgIpc) is 2.55. The lowest BCUT2D eigenvalue weighted by atomic mass is 10.1. The van der Waals surface area contributed by atoms with Gasteiger partial charge in [-0.3, -0.25) is 0 Å². The first-order chi connectivity index (χ1) is 11.1. The number of carboxylic acids is 1. The number of ether oxygens (including phenoxy) is 1. The molecule has 0 saturated carbocycles. The Morgan fingerprint density at radius 3 is 2.17 bits per heavy atom. The minimum absolute atomic E-state index is 0.0547. The van der Waals surface area contributed by atoms with Crippen molar-refractivity contribution in [2.24, 2.45) is 0 Å². The van der Waals surface area contributed by atoms with E-state index in [-0.39, 0.29) is 6.61 Å². The van der Waals surface area contributed by atoms with Crippen molar-refractivity contribution in [1.82, 2.24) is 5.32 Å². The van der Waals surface area contributed by atoms with Crippen molar-refractivity contribution in [2.45, 2.75) is 19.1 Å². The zero-order valence-corrected chi connectivity index (χ0v) is 13.5. The van der Waals surface area contributed by atoms with Crippen molar-refractivity contribution in [2.75, 3.05) is 6.61 Å². The summed E-state index contributed by atoms with van der Waals surface area (Å²) in [6, 6.07) is 18.5. The van der Waals surface area contributed by atoms with Gasteiger partial charge in [-0.25, -0.2) is 4.79 Å². The molecule has 2 aromatic rings. The predicted molar refractivity (Wildman–Crippen MR) is 93.4 cm³/mol. The predicted octanol–water partition coefficient (Wildman–Crippen LogP) is 2.82. The molecular weight excluding hydrogens is 310 g/mol. The zero-order valence-electron chi connectivity index (χ0n) is 12.6. The number of rotatable bonds is 8. The molecule has 0 heterocycles. The Morgan fingerprint density at radius 1 is 1.04 bits per heavy atom. The number of aliphatic carboxylic acids is 1. The zero-order chi connectivity index (χ0) is 16.5. The van der Waals surface area contributed by atoms with Crippen LogP contribution in [-0.4, -0.2) is 28.7 Å². The largest absolute Gasteiger partial charge is 0.480 e. The SMILES string of the molecule is O=C(O)C(COCc1ccccc1)NC(=S)Cc1ccccc1. The third-order valence-electron chi connectivity index (χ3n) is 3.24. The number of thiocarbonyl (C=S) groups is 1. The molecule has 120 valence electrons. The number of benzene rings is 2. The Hall–Kier alpha value is -2.24. The van der Waals surface area contributed by atoms with Gasteiger partial charge >= 0.3 is 5.97 Å². The van der Waals surface area contributed by atoms with E-state index in [4.69, 9.17) is 17.0 Å². The van der Waals surface area contributed by atoms with Gasteiger partial charge in [-0.05, 0) is 11.1 Å². The van der Waals surface area contributed by atoms with Crippen molar-refractivity contribution < 1.29 is 14.6 Å². The number of hydrogen-bond acceptors (Lipinski definition) is 3. The standard InChI is InChI=1S/C18H19NO3S/c20-18(21)16(13-22-12-15-9-5-2-6-10-15)19-17(23)11-14-7-3-1-4-8-14/h1-10,16H,11-13H2,(H,19,23)(H,20,21). The maximum absolute atomic E-state index is 11.3. The Morgan fingerprint density at radius 2 is 1.61 bits per heavy atom. The summed E-state index contributed by atoms with van der Waals surface area (Å²) in [4.78, 5) is 11.8. The maximum atomic E-state index is 11.3. The van der Waals surface area contributed by atoms with Crippen molar-refractivity contribution in [1.29, 1.82) is 0 Å². The number of carbonyl (C=O) groups is 1. The number of nitrogens with one attached hydrogen (secondary N) is 1. The second kappa shape index (κ2) is 9.02. The second-order valence-corrected chi connectivity index (χ2v) is 5.61. The molecule has 0 saturated heterocycles. The Balaban J connectivity index is 1.81. The van der Waals surface area contributed by atoms with E-state index < -0.39 is 12.0 Å². The van der Waals surface area contributed by atoms with Crippen LogP contribution < -0.4 is 5.32 Å². The van der Waals surface area contributed by atoms with E-state index in [9.17, 15) is 9.90 Å². The highest BCUT2D eigenvalue weighted by Gasteiger charge is 2.18. The van der Waals surface area contributed by atoms with E-state index >= 15 is 0 Å². The lowest BCUT2D eigenvalue weighted by Crippen LogP contribution is -2.43. The molecule has 0 amide bonds. The average molecular weight is 329 g/mol. The summed E-state index contributed by atoms with van der Waals surface area (Å²) in [5.74, 6) is -0.978. The highest BCUT2D eigenvalue weighted by atomic mass is 32.1. The van der Waals surface area contributed by atoms with E-state index in [0.717, 1.165) is 11.1 Å². The molecule has 23 heavy (non-hydrogen) atoms. The first-order valence-electron chi connectivity index (χ1n) is 7.33. The molecule has 0 radical (unpaired) electrons. The van der Waals surface area contributed by atoms with Gasteiger partial charge in [0.2, 0.25) is 0 Å². The maximum Gasteiger partial charge on any atom is 0.328 e. The van der Waals surface area contributed by atoms with Crippen LogP contribution in [0.3, 0.4) is 0 Å². The molecular formula is C18H19NO3S. The summed E-state index contributed by atoms with van der Waals surface area (Å²) >= 11 is 5.25. The molecule has 2 N–H and O–H groups in total. The third-order valence-corrected chi connectivity index (χ3v) is 3.50. The normalized spacial score (nSPS) is 11.7. The van der Waals surface area contributed by atoms with Crippen LogP contribution in [0.5, 0.6) is 0 Å². The van der Waals surface area contributed by atoms with Gasteiger partial charge in [0, 0.05) is 6.42 Å². The second-order valence-electron chi connectivity index (χ2n) is 5.12. The molecule has 2 rings (SSSR count). The molecule has 0 aliphatic carbocycles. The fourth-order valence-electron chi connectivity index (χ4n) is 2.07. The van der Waals surface area contributed by atoms with E-state index in [1.165, 1.54) is 0 Å². The summed E-state index contributed by atoms with van der Waals surface area (Å²) in [7, 11) is 0. The monoisotopic (exact) mass is 329 g/mol. The van der Waals surface area contributed by atoms with Crippen LogP contribution in [0.4, 0.5) is 0 Å². The first kappa shape index (κ1) is 17.1. The van der Waals surface area contributed by atoms with Gasteiger partial charge < -0.3 is 15.2 Å². The van der Waals surface area contributed by atoms with E-state index in [1.54, 1.807) is 0 Å². The summed E-state index contributed by atoms with van der Waals surface area (Å²) in [5, 5.41) is 12.1. The first-order valence-corrected chi connectivity index (χ1v) is 7.74. The molecule has 0 aromatic heterocycles. The molecule has 5 heteroatoms. The van der Waals surface area contributed by atoms with Gasteiger partial charge in [0.25, 0.3) is 0 Å². The van der Waals surface area contributed by atoms with Crippen LogP contribution in [0, 0.1) is 0 Å². The molecule has 4 nitrogen and oxygen atoms in total. The van der Waals surface area contributed by atoms with Gasteiger partial charge in [-0.2, -0.15) is 0 Å². The summed E-state index contributed by atoms with van der Waals surface area (Å²) < 4.78 is 5.49. The van der Waals surface area contributed by atoms with Crippen molar-refractivity contribution in [3.8, 4) is 0 Å². The Labute approximate surface area is 141 Å². The lowest BCUT2D eigenvalue weighted by Gasteiger charge is -2.16. The molecule has 0 spiro atoms. The van der Waals surface area contributed by atoms with Gasteiger partial charge in [0.15, 0.2) is 0 Å². The summed E-state index contributed by atoms with van der Waals surface area (Å²) in [6.07, 6.45) is 0.513. The topological polar surface area (TPSA) is 58.6 Å². The van der Waals surface area contributed by atoms with Crippen LogP contribution in [0.15, 0.2) is 60.7 Å². The fourth-order valence-corrected chi connectivity index (χ4v) is 2.38. The van der Waals surface area contributed by atoms with Crippen molar-refractivity contribution in [3.63, 3.8) is 0 Å². The molecule has 1 unspecified atom stereocenters. The number of hydrogen-bond donors (Lipinski definition) is 2. The Bertz CT molecular complexity index is 631. The molecule has 0 bridgehead atoms. The number of carboxylic acid groups (broad SMARTS) is 1. The van der Waals surface area contributed by atoms with E-state index in [0.29, 0.717) is 18.0 Å². The molecule has 0 aliphatic rings. The van der Waals surface area contributed by atoms with Crippen LogP contribution in [0.2, 0.25) is 0 Å². The van der Waals surface area contributed by atoms with E-state index in [2.05, 4.69) is 5.32 Å². The fraction of sp³-hybridized carbons (Fsp3) is 0.222. The summed E-state index contributed by atoms with van der Waals surface area (Å²) in [6.45, 7) is 0.427. The van der Waals surface area contributed by atoms with Gasteiger partial charge in [0.05, 0.1) is 18.2 Å². The van der Waals surface area contributed by atoms with Gasteiger partial charge in [-0.1, -0.05) is 72.9 Å². The molecule has 2 aromatic carbocycles. The smallest absolute Gasteiger partial charge is 0.328 e. The highest BCUT2D eigenvalue weighted by molar-refractivity contribution is 7.80. The molecule has 0 fully saturated rings. The molecule has 1 atom stereocenters. The van der Waals surface area contributed by atoms with Crippen molar-refractivity contribution in [3.05, 3.63) is 71.8 Å². The van der Waals surface area contributed by atoms with Gasteiger partial charge in [-0.15, -0.1) is 0 Å². The van der Waals surface area contributed by atoms with Crippen LogP contribution in [-0.2, 0) is 22.6 Å². The third kappa shape index (κ3) is 6.18. The van der Waals surface area contributed by atoms with Crippen molar-refractivity contribution >= 4 is 23.2 Å². The van der Waals surface area contributed by atoms with Crippen LogP contribution in [0.25, 0.3) is 0 Å². The minimum atomic E-state index is -0.978. The van der Waals surface area contributed by atoms with Crippen LogP contribution >= 0.6 is 12.2 Å². The van der Waals surface area contributed by atoms with Gasteiger partial charge in [0.1, 0.15) is 6.04 Å². The quantitative estimate of drug-likeness (QED) is 0.729.